The van der Waals surface area contributed by atoms with Crippen molar-refractivity contribution in [3.05, 3.63) is 173 Å². The number of aliphatic carboxylic acids is 1. The summed E-state index contributed by atoms with van der Waals surface area (Å²) < 4.78 is 101. The van der Waals surface area contributed by atoms with Crippen LogP contribution in [-0.4, -0.2) is 315 Å². The van der Waals surface area contributed by atoms with E-state index in [9.17, 15) is 81.5 Å². The number of rotatable bonds is 51. The van der Waals surface area contributed by atoms with Crippen molar-refractivity contribution in [3.8, 4) is 56.1 Å². The number of nitrogens with one attached hydrogen (secondary N) is 6. The number of quaternary nitrogens is 1. The summed E-state index contributed by atoms with van der Waals surface area (Å²) in [6, 6.07) is 27.7. The van der Waals surface area contributed by atoms with Gasteiger partial charge in [0.2, 0.25) is 35.6 Å². The van der Waals surface area contributed by atoms with Gasteiger partial charge in [0.05, 0.1) is 115 Å². The monoisotopic (exact) mass is 1930 g/mol. The number of urea groups is 1. The Morgan fingerprint density at radius 3 is 2.22 bits per heavy atom. The van der Waals surface area contributed by atoms with Crippen LogP contribution in [0.15, 0.2) is 134 Å². The summed E-state index contributed by atoms with van der Waals surface area (Å²) in [7, 11) is 0.819. The minimum Gasteiger partial charge on any atom is -0.496 e. The molecule has 0 unspecified atom stereocenters. The predicted molar refractivity (Wildman–Crippen MR) is 487 cm³/mol. The number of nitrogens with zero attached hydrogens (tertiary/aromatic N) is 8. The first-order chi connectivity index (χ1) is 64.8. The van der Waals surface area contributed by atoms with Crippen LogP contribution in [0.25, 0.3) is 43.2 Å². The van der Waals surface area contributed by atoms with E-state index in [-0.39, 0.29) is 135 Å². The molecule has 5 aromatic carbocycles. The second kappa shape index (κ2) is 49.9. The Kier molecular flexibility index (Phi) is 38.2. The van der Waals surface area contributed by atoms with E-state index in [1.807, 2.05) is 43.3 Å². The van der Waals surface area contributed by atoms with Gasteiger partial charge < -0.3 is 109 Å². The summed E-state index contributed by atoms with van der Waals surface area (Å²) >= 11 is 8.60. The van der Waals surface area contributed by atoms with Crippen LogP contribution >= 0.6 is 22.9 Å². The molecule has 0 saturated carbocycles. The molecule has 9 amide bonds. The second-order valence-electron chi connectivity index (χ2n) is 32.0. The van der Waals surface area contributed by atoms with E-state index < -0.39 is 126 Å². The molecule has 2 saturated heterocycles. The van der Waals surface area contributed by atoms with E-state index in [4.69, 9.17) is 69.7 Å². The number of halogens is 2. The van der Waals surface area contributed by atoms with Gasteiger partial charge in [0.25, 0.3) is 11.8 Å². The number of thiophene rings is 1. The zero-order valence-corrected chi connectivity index (χ0v) is 77.1. The number of nitrogens with two attached hydrogens (primary N) is 1. The maximum absolute atomic E-state index is 14.7. The van der Waals surface area contributed by atoms with E-state index in [1.165, 1.54) is 41.6 Å². The first kappa shape index (κ1) is 103. The number of carbonyl (C=O) groups excluding carboxylic acids is 8. The number of anilines is 1. The maximum Gasteiger partial charge on any atom is 0.421 e. The smallest absolute Gasteiger partial charge is 0.421 e. The van der Waals surface area contributed by atoms with Gasteiger partial charge in [0.15, 0.2) is 12.1 Å². The van der Waals surface area contributed by atoms with Crippen molar-refractivity contribution in [2.45, 2.75) is 115 Å². The van der Waals surface area contributed by atoms with Gasteiger partial charge in [-0.3, -0.25) is 38.6 Å². The first-order valence-corrected chi connectivity index (χ1v) is 46.0. The van der Waals surface area contributed by atoms with E-state index in [0.717, 1.165) is 22.6 Å². The summed E-state index contributed by atoms with van der Waals surface area (Å²) in [6.45, 7) is 4.65. The molecule has 13 N–H and O–H groups in total. The normalized spacial score (nSPS) is 17.2. The van der Waals surface area contributed by atoms with Gasteiger partial charge >= 0.3 is 28.3 Å². The molecule has 3 aromatic heterocycles. The second-order valence-corrected chi connectivity index (χ2v) is 34.8. The van der Waals surface area contributed by atoms with Crippen molar-refractivity contribution in [3.63, 3.8) is 0 Å². The van der Waals surface area contributed by atoms with Crippen LogP contribution in [0.1, 0.15) is 60.6 Å². The summed E-state index contributed by atoms with van der Waals surface area (Å²) in [4.78, 5) is 141. The van der Waals surface area contributed by atoms with Gasteiger partial charge in [0, 0.05) is 99.2 Å². The molecule has 8 aromatic rings. The lowest BCUT2D eigenvalue weighted by Gasteiger charge is -2.42. The molecule has 11 rings (SSSR count). The van der Waals surface area contributed by atoms with Crippen LogP contribution in [0.3, 0.4) is 0 Å². The molecule has 135 heavy (non-hydrogen) atoms. The van der Waals surface area contributed by atoms with Crippen LogP contribution in [0.4, 0.5) is 19.7 Å². The molecule has 0 aliphatic carbocycles. The average Bonchev–Trinajstić information content (AvgIpc) is 1.59. The lowest BCUT2D eigenvalue weighted by molar-refractivity contribution is -0.926. The van der Waals surface area contributed by atoms with Crippen molar-refractivity contribution in [1.82, 2.24) is 60.0 Å². The van der Waals surface area contributed by atoms with Gasteiger partial charge in [-0.2, -0.15) is 13.1 Å². The van der Waals surface area contributed by atoms with Gasteiger partial charge in [-0.1, -0.05) is 66.2 Å². The number of aliphatic hydroxyl groups excluding tert-OH is 4. The molecule has 45 heteroatoms. The number of imide groups is 1. The molecule has 2 fully saturated rings. The number of aromatic nitrogens is 4. The average molecular weight is 1940 g/mol. The standard InChI is InChI=1S/C90H109ClFN15O26S2/c1-54-63(75-76-85(96-53-97-86(76)134-81(75)56-16-19-60(92)20-17-56)132-69(87(118)119)48-57-11-6-8-14-66(57)131-52-62-26-30-94-82(100-62)64-12-7-9-15-67(64)124-5)22-23-68(77(54)91)128-42-34-105-32-36-107(4,37-33-105)50-58-18-21-61(101-84(117)65(13-10-29-95-89(93)120)102-83(116)55(2)99-71(109)27-38-125-41-35-106-73(111)24-25-74(106)112)47-59(58)49-104(3)72(110)28-39-126-44-46-130-90(121)103-135(122,123)98-31-40-127-43-45-129-88-80(115)79(114)78(113)70(51-108)133-88/h6-9,11-12,14-26,30,47,53,55,65,69-70,78-80,88,98,108,113-115H,10,13,27-29,31-46,48-52H2,1-5H3,(H7-,93,95,99,101,102,103,109,116,117,118,119,120,121)/p+1/t55-,65-,69+,70+,78+,79-,80+,88+/m0/s1. The number of carboxylic acid groups (broad SMARTS) is 1. The SMILES string of the molecule is COc1ccccc1-c1nccc(COc2ccccc2C[C@@H](Oc2ncnc3sc(-c4ccc(F)cc4)c(-c4ccc(OCCN5CC[N+](C)(Cc6ccc(NC(=O)[C@H](CCCNC(N)=O)NC(=O)[C@H](C)NC(=O)CCOCCN7C(=O)C=CC7=O)cc6CN(C)C(=O)CCOCCOC(=O)NS(=O)(=O)NCCOCCO[C@@H]6O[C@H](CO)[C@@H](O)[C@H](O)[C@H]6O)CC5)c(Cl)c4C)c23)C(=O)O)n1. The van der Waals surface area contributed by atoms with Crippen molar-refractivity contribution in [1.29, 1.82) is 0 Å². The fraction of sp³-hybridized carbons (Fsp3) is 0.433. The molecule has 0 spiro atoms. The third kappa shape index (κ3) is 29.7. The number of benzene rings is 5. The van der Waals surface area contributed by atoms with Crippen molar-refractivity contribution >= 4 is 103 Å². The number of piperazine rings is 1. The highest BCUT2D eigenvalue weighted by molar-refractivity contribution is 7.88. The maximum atomic E-state index is 14.7. The zero-order valence-electron chi connectivity index (χ0n) is 74.7. The Morgan fingerprint density at radius 1 is 0.763 bits per heavy atom. The molecule has 8 atom stereocenters. The lowest BCUT2D eigenvalue weighted by Crippen LogP contribution is -2.59. The number of amides is 9. The highest BCUT2D eigenvalue weighted by Crippen LogP contribution is 2.50. The van der Waals surface area contributed by atoms with Gasteiger partial charge in [-0.05, 0) is 109 Å². The van der Waals surface area contributed by atoms with E-state index >= 15 is 0 Å². The molecule has 726 valence electrons. The lowest BCUT2D eigenvalue weighted by atomic mass is 9.96. The van der Waals surface area contributed by atoms with Crippen molar-refractivity contribution in [2.75, 3.05) is 145 Å². The highest BCUT2D eigenvalue weighted by atomic mass is 35.5. The molecule has 3 aliphatic heterocycles. The summed E-state index contributed by atoms with van der Waals surface area (Å²) in [6.07, 6.45) is -5.38. The Balaban J connectivity index is 0.716. The molecule has 3 aliphatic rings. The number of carbonyl (C=O) groups is 9. The fourth-order valence-corrected chi connectivity index (χ4v) is 16.9. The van der Waals surface area contributed by atoms with Crippen LogP contribution < -0.4 is 55.4 Å². The van der Waals surface area contributed by atoms with E-state index in [2.05, 4.69) is 52.9 Å². The van der Waals surface area contributed by atoms with Gasteiger partial charge in [-0.15, -0.1) is 11.3 Å². The fourth-order valence-electron chi connectivity index (χ4n) is 14.8. The Morgan fingerprint density at radius 2 is 1.48 bits per heavy atom. The quantitative estimate of drug-likeness (QED) is 0.0145. The third-order valence-electron chi connectivity index (χ3n) is 22.2. The highest BCUT2D eigenvalue weighted by Gasteiger charge is 2.44. The number of para-hydroxylation sites is 2. The molecule has 6 heterocycles. The minimum absolute atomic E-state index is 0.00353. The number of hydrogen-bond donors (Lipinski definition) is 12. The molecule has 41 nitrogen and oxygen atoms in total. The number of fused-ring (bicyclic) bond motifs is 1. The topological polar surface area (TPSA) is 541 Å². The number of aliphatic hydroxyl groups is 4. The zero-order chi connectivity index (χ0) is 96.9. The first-order valence-electron chi connectivity index (χ1n) is 43.3. The third-order valence-corrected chi connectivity index (χ3v) is 24.8. The van der Waals surface area contributed by atoms with Crippen molar-refractivity contribution < 1.29 is 133 Å². The molecule has 0 radical (unpaired) electrons. The van der Waals surface area contributed by atoms with Crippen LogP contribution in [0.5, 0.6) is 23.1 Å². The number of ether oxygens (including phenoxy) is 10. The number of primary amides is 1. The molecular formula is C90H110ClFN15O26S2+. The predicted octanol–water partition coefficient (Wildman–Crippen LogP) is 4.05. The van der Waals surface area contributed by atoms with Gasteiger partial charge in [-0.25, -0.2) is 43.4 Å². The minimum atomic E-state index is -4.43. The van der Waals surface area contributed by atoms with E-state index in [0.29, 0.717) is 132 Å². The number of likely N-dealkylation sites (N-methyl/N-ethyl adjacent to an activating group) is 1. The molecule has 0 bridgehead atoms. The summed E-state index contributed by atoms with van der Waals surface area (Å²) in [5, 5.41) is 61.7. The van der Waals surface area contributed by atoms with Crippen LogP contribution in [0.2, 0.25) is 5.02 Å². The Labute approximate surface area is 785 Å². The number of carboxylic acids is 1. The Hall–Kier alpha value is -12.1. The number of methoxy groups -OCH3 is 1. The summed E-state index contributed by atoms with van der Waals surface area (Å²) in [5.74, 6) is -3.25. The van der Waals surface area contributed by atoms with Crippen molar-refractivity contribution in [2.24, 2.45) is 5.73 Å². The van der Waals surface area contributed by atoms with E-state index in [1.54, 1.807) is 85.7 Å². The van der Waals surface area contributed by atoms with Crippen LogP contribution in [0, 0.1) is 12.7 Å². The van der Waals surface area contributed by atoms with Gasteiger partial charge in [0.1, 0.15) is 97.1 Å². The molecular weight excluding hydrogens is 1830 g/mol. The largest absolute Gasteiger partial charge is 0.496 e. The Bertz CT molecular complexity index is 5590. The number of hydrogen-bond acceptors (Lipinski definition) is 31. The van der Waals surface area contributed by atoms with Crippen LogP contribution in [-0.2, 0) is 98.3 Å². The summed E-state index contributed by atoms with van der Waals surface area (Å²) in [5.41, 5.74) is 11.3.